The van der Waals surface area contributed by atoms with E-state index in [1.165, 1.54) is 31.2 Å². The van der Waals surface area contributed by atoms with E-state index in [1.807, 2.05) is 12.1 Å². The Hall–Kier alpha value is -0.970. The quantitative estimate of drug-likeness (QED) is 0.805. The monoisotopic (exact) mass is 334 g/mol. The molecule has 2 aliphatic rings. The Morgan fingerprint density at radius 1 is 1.08 bits per heavy atom. The summed E-state index contributed by atoms with van der Waals surface area (Å²) in [5, 5.41) is 13.8. The van der Waals surface area contributed by atoms with Crippen molar-refractivity contribution in [2.45, 2.75) is 57.1 Å². The van der Waals surface area contributed by atoms with Gasteiger partial charge in [-0.15, -0.1) is 0 Å². The molecule has 1 atom stereocenters. The highest BCUT2D eigenvalue weighted by Gasteiger charge is 2.25. The standard InChI is InChI=1S/C20H31FN2O/c21-18-7-5-16(6-8-18)9-12-23-13-10-19(11-14-23)22-15-20(24)17-3-1-2-4-17/h5-8,17,19-20,22,24H,1-4,9-15H2. The lowest BCUT2D eigenvalue weighted by atomic mass is 9.99. The molecule has 1 aromatic carbocycles. The first kappa shape index (κ1) is 17.8. The Morgan fingerprint density at radius 3 is 2.42 bits per heavy atom. The molecule has 4 heteroatoms. The first-order chi connectivity index (χ1) is 11.7. The van der Waals surface area contributed by atoms with E-state index in [4.69, 9.17) is 0 Å². The Balaban J connectivity index is 1.31. The van der Waals surface area contributed by atoms with Gasteiger partial charge in [-0.25, -0.2) is 4.39 Å². The number of aliphatic hydroxyl groups excluding tert-OH is 1. The molecule has 1 aromatic rings. The van der Waals surface area contributed by atoms with E-state index in [2.05, 4.69) is 10.2 Å². The predicted molar refractivity (Wildman–Crippen MR) is 95.5 cm³/mol. The van der Waals surface area contributed by atoms with Crippen molar-refractivity contribution in [3.8, 4) is 0 Å². The molecular formula is C20H31FN2O. The average molecular weight is 334 g/mol. The number of rotatable bonds is 7. The minimum Gasteiger partial charge on any atom is -0.392 e. The van der Waals surface area contributed by atoms with Crippen molar-refractivity contribution < 1.29 is 9.50 Å². The molecular weight excluding hydrogens is 303 g/mol. The Labute approximate surface area is 145 Å². The molecule has 0 amide bonds. The molecule has 0 spiro atoms. The second kappa shape index (κ2) is 8.93. The number of piperidine rings is 1. The number of benzene rings is 1. The summed E-state index contributed by atoms with van der Waals surface area (Å²) in [6.45, 7) is 4.02. The number of aliphatic hydroxyl groups is 1. The van der Waals surface area contributed by atoms with Gasteiger partial charge in [0.1, 0.15) is 5.82 Å². The number of hydrogen-bond donors (Lipinski definition) is 2. The number of likely N-dealkylation sites (tertiary alicyclic amines) is 1. The van der Waals surface area contributed by atoms with E-state index in [1.54, 1.807) is 12.1 Å². The Kier molecular flexibility index (Phi) is 6.64. The van der Waals surface area contributed by atoms with Crippen LogP contribution in [0, 0.1) is 11.7 Å². The molecule has 3 rings (SSSR count). The van der Waals surface area contributed by atoms with E-state index >= 15 is 0 Å². The van der Waals surface area contributed by atoms with Crippen LogP contribution in [0.4, 0.5) is 4.39 Å². The fourth-order valence-corrected chi connectivity index (χ4v) is 4.10. The number of hydrogen-bond acceptors (Lipinski definition) is 3. The molecule has 134 valence electrons. The fraction of sp³-hybridized carbons (Fsp3) is 0.700. The van der Waals surface area contributed by atoms with Gasteiger partial charge in [0.15, 0.2) is 0 Å². The third-order valence-electron chi connectivity index (χ3n) is 5.78. The van der Waals surface area contributed by atoms with Crippen LogP contribution in [0.15, 0.2) is 24.3 Å². The maximum absolute atomic E-state index is 12.9. The topological polar surface area (TPSA) is 35.5 Å². The molecule has 2 fully saturated rings. The van der Waals surface area contributed by atoms with Gasteiger partial charge in [-0.2, -0.15) is 0 Å². The molecule has 1 aliphatic carbocycles. The summed E-state index contributed by atoms with van der Waals surface area (Å²) >= 11 is 0. The van der Waals surface area contributed by atoms with Crippen LogP contribution in [-0.2, 0) is 6.42 Å². The van der Waals surface area contributed by atoms with Crippen molar-refractivity contribution in [1.29, 1.82) is 0 Å². The van der Waals surface area contributed by atoms with Crippen LogP contribution in [0.1, 0.15) is 44.1 Å². The van der Waals surface area contributed by atoms with Crippen LogP contribution in [0.2, 0.25) is 0 Å². The second-order valence-electron chi connectivity index (χ2n) is 7.51. The lowest BCUT2D eigenvalue weighted by Gasteiger charge is -2.33. The third kappa shape index (κ3) is 5.27. The first-order valence-electron chi connectivity index (χ1n) is 9.59. The summed E-state index contributed by atoms with van der Waals surface area (Å²) < 4.78 is 12.9. The van der Waals surface area contributed by atoms with Gasteiger partial charge in [0, 0.05) is 19.1 Å². The molecule has 24 heavy (non-hydrogen) atoms. The molecule has 1 saturated heterocycles. The summed E-state index contributed by atoms with van der Waals surface area (Å²) in [4.78, 5) is 2.49. The SMILES string of the molecule is OC(CNC1CCN(CCc2ccc(F)cc2)CC1)C1CCCC1. The summed E-state index contributed by atoms with van der Waals surface area (Å²) in [6, 6.07) is 7.40. The first-order valence-corrected chi connectivity index (χ1v) is 9.59. The molecule has 1 aliphatic heterocycles. The van der Waals surface area contributed by atoms with Gasteiger partial charge < -0.3 is 15.3 Å². The third-order valence-corrected chi connectivity index (χ3v) is 5.78. The fourth-order valence-electron chi connectivity index (χ4n) is 4.10. The average Bonchev–Trinajstić information content (AvgIpc) is 3.15. The Morgan fingerprint density at radius 2 is 1.75 bits per heavy atom. The van der Waals surface area contributed by atoms with Crippen molar-refractivity contribution in [3.05, 3.63) is 35.6 Å². The summed E-state index contributed by atoms with van der Waals surface area (Å²) in [6.07, 6.45) is 8.10. The number of halogens is 1. The molecule has 1 heterocycles. The zero-order valence-corrected chi connectivity index (χ0v) is 14.6. The van der Waals surface area contributed by atoms with E-state index < -0.39 is 0 Å². The van der Waals surface area contributed by atoms with Crippen LogP contribution < -0.4 is 5.32 Å². The number of nitrogens with one attached hydrogen (secondary N) is 1. The normalized spacial score (nSPS) is 22.1. The summed E-state index contributed by atoms with van der Waals surface area (Å²) in [5.74, 6) is 0.360. The van der Waals surface area contributed by atoms with Gasteiger partial charge in [-0.3, -0.25) is 0 Å². The molecule has 0 bridgehead atoms. The maximum Gasteiger partial charge on any atom is 0.123 e. The minimum atomic E-state index is -0.163. The Bertz CT molecular complexity index is 479. The van der Waals surface area contributed by atoms with Crippen molar-refractivity contribution >= 4 is 0 Å². The molecule has 1 saturated carbocycles. The van der Waals surface area contributed by atoms with E-state index in [0.717, 1.165) is 45.4 Å². The van der Waals surface area contributed by atoms with Crippen molar-refractivity contribution in [2.24, 2.45) is 5.92 Å². The highest BCUT2D eigenvalue weighted by molar-refractivity contribution is 5.16. The largest absolute Gasteiger partial charge is 0.392 e. The zero-order valence-electron chi connectivity index (χ0n) is 14.6. The summed E-state index contributed by atoms with van der Waals surface area (Å²) in [7, 11) is 0. The second-order valence-corrected chi connectivity index (χ2v) is 7.51. The van der Waals surface area contributed by atoms with Crippen LogP contribution in [0.5, 0.6) is 0 Å². The molecule has 2 N–H and O–H groups in total. The summed E-state index contributed by atoms with van der Waals surface area (Å²) in [5.41, 5.74) is 1.20. The van der Waals surface area contributed by atoms with Gasteiger partial charge in [-0.05, 0) is 68.8 Å². The van der Waals surface area contributed by atoms with E-state index in [0.29, 0.717) is 12.0 Å². The zero-order chi connectivity index (χ0) is 16.8. The lowest BCUT2D eigenvalue weighted by molar-refractivity contribution is 0.0998. The molecule has 0 radical (unpaired) electrons. The van der Waals surface area contributed by atoms with E-state index in [9.17, 15) is 9.50 Å². The highest BCUT2D eigenvalue weighted by Crippen LogP contribution is 2.27. The van der Waals surface area contributed by atoms with Gasteiger partial charge in [0.05, 0.1) is 6.10 Å². The van der Waals surface area contributed by atoms with Crippen LogP contribution >= 0.6 is 0 Å². The highest BCUT2D eigenvalue weighted by atomic mass is 19.1. The lowest BCUT2D eigenvalue weighted by Crippen LogP contribution is -2.45. The van der Waals surface area contributed by atoms with Crippen molar-refractivity contribution in [3.63, 3.8) is 0 Å². The van der Waals surface area contributed by atoms with Crippen molar-refractivity contribution in [2.75, 3.05) is 26.2 Å². The molecule has 1 unspecified atom stereocenters. The minimum absolute atomic E-state index is 0.162. The number of nitrogens with zero attached hydrogens (tertiary/aromatic N) is 1. The smallest absolute Gasteiger partial charge is 0.123 e. The van der Waals surface area contributed by atoms with Gasteiger partial charge in [0.2, 0.25) is 0 Å². The van der Waals surface area contributed by atoms with E-state index in [-0.39, 0.29) is 11.9 Å². The predicted octanol–water partition coefficient (Wildman–Crippen LogP) is 2.97. The van der Waals surface area contributed by atoms with Crippen molar-refractivity contribution in [1.82, 2.24) is 10.2 Å². The van der Waals surface area contributed by atoms with Crippen LogP contribution in [0.3, 0.4) is 0 Å². The van der Waals surface area contributed by atoms with Gasteiger partial charge >= 0.3 is 0 Å². The molecule has 3 nitrogen and oxygen atoms in total. The maximum atomic E-state index is 12.9. The van der Waals surface area contributed by atoms with Gasteiger partial charge in [-0.1, -0.05) is 25.0 Å². The molecule has 0 aromatic heterocycles. The van der Waals surface area contributed by atoms with Gasteiger partial charge in [0.25, 0.3) is 0 Å². The van der Waals surface area contributed by atoms with Crippen LogP contribution in [-0.4, -0.2) is 48.3 Å². The van der Waals surface area contributed by atoms with Crippen LogP contribution in [0.25, 0.3) is 0 Å².